The molecule has 0 aliphatic carbocycles. The highest BCUT2D eigenvalue weighted by Gasteiger charge is 2.17. The first-order valence-electron chi connectivity index (χ1n) is 9.06. The molecule has 4 heterocycles. The second-order valence-corrected chi connectivity index (χ2v) is 6.46. The number of aromatic nitrogens is 6. The molecular weight excluding hydrogens is 342 g/mol. The molecule has 5 rings (SSSR count). The van der Waals surface area contributed by atoms with Crippen molar-refractivity contribution in [2.45, 2.75) is 26.4 Å². The van der Waals surface area contributed by atoms with E-state index in [0.717, 1.165) is 48.8 Å². The largest absolute Gasteiger partial charge is 0.334 e. The molecule has 4 aromatic rings. The highest BCUT2D eigenvalue weighted by molar-refractivity contribution is 5.59. The van der Waals surface area contributed by atoms with Gasteiger partial charge in [-0.1, -0.05) is 12.1 Å². The van der Waals surface area contributed by atoms with Gasteiger partial charge < -0.3 is 9.84 Å². The Bertz CT molecular complexity index is 1050. The number of benzene rings is 1. The molecule has 1 aliphatic rings. The molecule has 0 unspecified atom stereocenters. The fraction of sp³-hybridized carbons (Fsp3) is 0.263. The average Bonchev–Trinajstić information content (AvgIpc) is 3.46. The summed E-state index contributed by atoms with van der Waals surface area (Å²) >= 11 is 0. The van der Waals surface area contributed by atoms with E-state index in [0.29, 0.717) is 11.7 Å². The van der Waals surface area contributed by atoms with Crippen molar-refractivity contribution in [2.24, 2.45) is 0 Å². The van der Waals surface area contributed by atoms with Gasteiger partial charge in [-0.05, 0) is 30.3 Å². The lowest BCUT2D eigenvalue weighted by atomic mass is 10.2. The van der Waals surface area contributed by atoms with Crippen LogP contribution in [0.25, 0.3) is 28.7 Å². The summed E-state index contributed by atoms with van der Waals surface area (Å²) in [4.78, 5) is 8.91. The van der Waals surface area contributed by atoms with Gasteiger partial charge in [-0.2, -0.15) is 10.1 Å². The topological polar surface area (TPSA) is 86.6 Å². The minimum Gasteiger partial charge on any atom is -0.334 e. The minimum atomic E-state index is 0.540. The summed E-state index contributed by atoms with van der Waals surface area (Å²) in [6.07, 6.45) is 4.50. The molecule has 1 aromatic carbocycles. The Balaban J connectivity index is 1.47. The number of hydrogen-bond acceptors (Lipinski definition) is 6. The first-order valence-corrected chi connectivity index (χ1v) is 9.06. The third kappa shape index (κ3) is 2.83. The van der Waals surface area contributed by atoms with E-state index in [1.54, 1.807) is 6.20 Å². The predicted octanol–water partition coefficient (Wildman–Crippen LogP) is 2.45. The van der Waals surface area contributed by atoms with Gasteiger partial charge in [0, 0.05) is 43.2 Å². The summed E-state index contributed by atoms with van der Waals surface area (Å²) in [5, 5.41) is 12.0. The molecule has 0 fully saturated rings. The van der Waals surface area contributed by atoms with Crippen LogP contribution >= 0.6 is 0 Å². The maximum atomic E-state index is 5.31. The summed E-state index contributed by atoms with van der Waals surface area (Å²) in [5.74, 6) is 2.08. The third-order valence-corrected chi connectivity index (χ3v) is 4.72. The Morgan fingerprint density at radius 2 is 2.11 bits per heavy atom. The van der Waals surface area contributed by atoms with Crippen molar-refractivity contribution in [3.63, 3.8) is 0 Å². The van der Waals surface area contributed by atoms with Gasteiger partial charge in [0.15, 0.2) is 11.6 Å². The number of rotatable bonds is 4. The van der Waals surface area contributed by atoms with Crippen LogP contribution < -0.4 is 5.32 Å². The highest BCUT2D eigenvalue weighted by Crippen LogP contribution is 2.24. The van der Waals surface area contributed by atoms with Gasteiger partial charge >= 0.3 is 0 Å². The van der Waals surface area contributed by atoms with Gasteiger partial charge in [0.1, 0.15) is 5.69 Å². The van der Waals surface area contributed by atoms with Crippen LogP contribution in [0.1, 0.15) is 18.4 Å². The Hall–Kier alpha value is -3.26. The van der Waals surface area contributed by atoms with Gasteiger partial charge in [-0.25, -0.2) is 4.98 Å². The lowest BCUT2D eigenvalue weighted by Gasteiger charge is -2.13. The van der Waals surface area contributed by atoms with E-state index in [1.165, 1.54) is 5.69 Å². The number of nitrogens with one attached hydrogen (secondary N) is 1. The first kappa shape index (κ1) is 16.0. The number of hydrogen-bond donors (Lipinski definition) is 1. The molecule has 0 spiro atoms. The molecule has 0 saturated heterocycles. The van der Waals surface area contributed by atoms with Gasteiger partial charge in [-0.3, -0.25) is 9.25 Å². The molecule has 0 saturated carbocycles. The Labute approximate surface area is 155 Å². The minimum absolute atomic E-state index is 0.540. The molecule has 1 aliphatic heterocycles. The SMILES string of the molecule is CCc1noc(-c2ccc(-n3ccnc3-c3cc4n(n3)CCNC4)cc2)n1. The van der Waals surface area contributed by atoms with E-state index < -0.39 is 0 Å². The summed E-state index contributed by atoms with van der Waals surface area (Å²) in [6.45, 7) is 4.67. The van der Waals surface area contributed by atoms with Gasteiger partial charge in [0.05, 0.1) is 12.2 Å². The molecule has 0 radical (unpaired) electrons. The van der Waals surface area contributed by atoms with Gasteiger partial charge in [-0.15, -0.1) is 0 Å². The van der Waals surface area contributed by atoms with E-state index in [1.807, 2.05) is 42.0 Å². The normalized spacial score (nSPS) is 13.7. The standard InChI is InChI=1S/C19H19N7O/c1-2-17-22-19(27-24-17)13-3-5-14(6-4-13)25-9-8-21-18(25)16-11-15-12-20-7-10-26(15)23-16/h3-6,8-9,11,20H,2,7,10,12H2,1H3. The van der Waals surface area contributed by atoms with Crippen LogP contribution in [-0.2, 0) is 19.5 Å². The molecule has 3 aromatic heterocycles. The molecule has 1 N–H and O–H groups in total. The summed E-state index contributed by atoms with van der Waals surface area (Å²) in [5.41, 5.74) is 3.97. The smallest absolute Gasteiger partial charge is 0.257 e. The lowest BCUT2D eigenvalue weighted by molar-refractivity contribution is 0.423. The van der Waals surface area contributed by atoms with E-state index in [9.17, 15) is 0 Å². The monoisotopic (exact) mass is 361 g/mol. The highest BCUT2D eigenvalue weighted by atomic mass is 16.5. The van der Waals surface area contributed by atoms with E-state index >= 15 is 0 Å². The molecule has 136 valence electrons. The van der Waals surface area contributed by atoms with Crippen LogP contribution in [0.2, 0.25) is 0 Å². The Morgan fingerprint density at radius 3 is 2.89 bits per heavy atom. The molecule has 27 heavy (non-hydrogen) atoms. The number of nitrogens with zero attached hydrogens (tertiary/aromatic N) is 6. The number of fused-ring (bicyclic) bond motifs is 1. The predicted molar refractivity (Wildman–Crippen MR) is 99.2 cm³/mol. The number of imidazole rings is 1. The van der Waals surface area contributed by atoms with Crippen LogP contribution in [0.5, 0.6) is 0 Å². The second kappa shape index (κ2) is 6.48. The first-order chi connectivity index (χ1) is 13.3. The van der Waals surface area contributed by atoms with Crippen molar-refractivity contribution in [1.29, 1.82) is 0 Å². The molecule has 8 nitrogen and oxygen atoms in total. The van der Waals surface area contributed by atoms with Crippen molar-refractivity contribution < 1.29 is 4.52 Å². The van der Waals surface area contributed by atoms with Crippen molar-refractivity contribution in [3.05, 3.63) is 54.2 Å². The van der Waals surface area contributed by atoms with Gasteiger partial charge in [0.2, 0.25) is 0 Å². The van der Waals surface area contributed by atoms with Crippen LogP contribution in [0, 0.1) is 0 Å². The second-order valence-electron chi connectivity index (χ2n) is 6.46. The van der Waals surface area contributed by atoms with Crippen LogP contribution in [0.3, 0.4) is 0 Å². The van der Waals surface area contributed by atoms with Gasteiger partial charge in [0.25, 0.3) is 5.89 Å². The zero-order chi connectivity index (χ0) is 18.2. The average molecular weight is 361 g/mol. The fourth-order valence-corrected chi connectivity index (χ4v) is 3.28. The molecule has 8 heteroatoms. The van der Waals surface area contributed by atoms with E-state index in [-0.39, 0.29) is 0 Å². The summed E-state index contributed by atoms with van der Waals surface area (Å²) in [7, 11) is 0. The van der Waals surface area contributed by atoms with Crippen LogP contribution in [0.4, 0.5) is 0 Å². The Kier molecular flexibility index (Phi) is 3.83. The summed E-state index contributed by atoms with van der Waals surface area (Å²) < 4.78 is 9.40. The summed E-state index contributed by atoms with van der Waals surface area (Å²) in [6, 6.07) is 10.1. The third-order valence-electron chi connectivity index (χ3n) is 4.72. The zero-order valence-electron chi connectivity index (χ0n) is 15.0. The Morgan fingerprint density at radius 1 is 1.22 bits per heavy atom. The maximum absolute atomic E-state index is 5.31. The molecule has 0 atom stereocenters. The van der Waals surface area contributed by atoms with E-state index in [2.05, 4.69) is 31.2 Å². The molecule has 0 bridgehead atoms. The zero-order valence-corrected chi connectivity index (χ0v) is 15.0. The van der Waals surface area contributed by atoms with Crippen LogP contribution in [-0.4, -0.2) is 36.0 Å². The van der Waals surface area contributed by atoms with Crippen molar-refractivity contribution >= 4 is 0 Å². The van der Waals surface area contributed by atoms with E-state index in [4.69, 9.17) is 9.62 Å². The molecular formula is C19H19N7O. The van der Waals surface area contributed by atoms with Crippen molar-refractivity contribution in [1.82, 2.24) is 34.8 Å². The van der Waals surface area contributed by atoms with Crippen molar-refractivity contribution in [2.75, 3.05) is 6.54 Å². The quantitative estimate of drug-likeness (QED) is 0.601. The van der Waals surface area contributed by atoms with Crippen molar-refractivity contribution in [3.8, 4) is 28.7 Å². The maximum Gasteiger partial charge on any atom is 0.257 e. The number of aryl methyl sites for hydroxylation is 1. The fourth-order valence-electron chi connectivity index (χ4n) is 3.28. The molecule has 0 amide bonds. The van der Waals surface area contributed by atoms with Crippen LogP contribution in [0.15, 0.2) is 47.2 Å². The lowest BCUT2D eigenvalue weighted by Crippen LogP contribution is -2.28.